The van der Waals surface area contributed by atoms with E-state index in [1.54, 1.807) is 43.4 Å². The maximum absolute atomic E-state index is 11.8. The van der Waals surface area contributed by atoms with Gasteiger partial charge in [-0.15, -0.1) is 0 Å². The van der Waals surface area contributed by atoms with Crippen LogP contribution in [-0.4, -0.2) is 13.0 Å². The summed E-state index contributed by atoms with van der Waals surface area (Å²) in [6, 6.07) is 10.1. The lowest BCUT2D eigenvalue weighted by Crippen LogP contribution is -2.23. The molecule has 0 radical (unpaired) electrons. The number of fused-ring (bicyclic) bond motifs is 1. The van der Waals surface area contributed by atoms with Crippen molar-refractivity contribution in [3.8, 4) is 11.5 Å². The number of hydrogen-bond acceptors (Lipinski definition) is 3. The van der Waals surface area contributed by atoms with E-state index in [0.29, 0.717) is 27.2 Å². The van der Waals surface area contributed by atoms with Gasteiger partial charge in [-0.3, -0.25) is 4.79 Å². The molecule has 0 bridgehead atoms. The number of halogens is 2. The Labute approximate surface area is 132 Å². The van der Waals surface area contributed by atoms with Crippen molar-refractivity contribution < 1.29 is 9.53 Å². The van der Waals surface area contributed by atoms with Gasteiger partial charge in [0.1, 0.15) is 17.5 Å². The van der Waals surface area contributed by atoms with Gasteiger partial charge in [0.15, 0.2) is 0 Å². The first-order valence-corrected chi connectivity index (χ1v) is 7.09. The molecule has 108 valence electrons. The summed E-state index contributed by atoms with van der Waals surface area (Å²) >= 11 is 12.2. The van der Waals surface area contributed by atoms with Gasteiger partial charge in [0.2, 0.25) is 5.91 Å². The average Bonchev–Trinajstić information content (AvgIpc) is 2.74. The van der Waals surface area contributed by atoms with Crippen LogP contribution in [0.5, 0.6) is 11.5 Å². The standard InChI is InChI=1S/C15H12Cl2N2O2/c1-18-14-10-6-11(17)13(7-12(10)19-15(14)20)21-9-4-2-3-8(16)5-9/h2-7,14,18H,1H3,(H,19,20). The first-order valence-electron chi connectivity index (χ1n) is 6.33. The van der Waals surface area contributed by atoms with Gasteiger partial charge in [0, 0.05) is 22.3 Å². The number of nitrogens with one attached hydrogen (secondary N) is 2. The van der Waals surface area contributed by atoms with E-state index in [1.807, 2.05) is 0 Å². The predicted molar refractivity (Wildman–Crippen MR) is 83.4 cm³/mol. The third kappa shape index (κ3) is 2.70. The molecular formula is C15H12Cl2N2O2. The van der Waals surface area contributed by atoms with Crippen LogP contribution in [0.15, 0.2) is 36.4 Å². The highest BCUT2D eigenvalue weighted by Gasteiger charge is 2.30. The highest BCUT2D eigenvalue weighted by molar-refractivity contribution is 6.32. The summed E-state index contributed by atoms with van der Waals surface area (Å²) in [5.41, 5.74) is 1.51. The molecule has 6 heteroatoms. The zero-order valence-corrected chi connectivity index (χ0v) is 12.6. The van der Waals surface area contributed by atoms with Crippen LogP contribution in [-0.2, 0) is 4.79 Å². The third-order valence-corrected chi connectivity index (χ3v) is 3.78. The van der Waals surface area contributed by atoms with Crippen molar-refractivity contribution >= 4 is 34.8 Å². The molecule has 0 fully saturated rings. The van der Waals surface area contributed by atoms with Crippen LogP contribution < -0.4 is 15.4 Å². The van der Waals surface area contributed by atoms with Crippen LogP contribution in [0.3, 0.4) is 0 Å². The third-order valence-electron chi connectivity index (χ3n) is 3.25. The summed E-state index contributed by atoms with van der Waals surface area (Å²) in [6.07, 6.45) is 0. The molecule has 3 rings (SSSR count). The number of likely N-dealkylation sites (N-methyl/N-ethyl adjacent to an activating group) is 1. The van der Waals surface area contributed by atoms with E-state index in [2.05, 4.69) is 10.6 Å². The molecule has 1 aliphatic heterocycles. The number of hydrogen-bond donors (Lipinski definition) is 2. The number of carbonyl (C=O) groups excluding carboxylic acids is 1. The average molecular weight is 323 g/mol. The van der Waals surface area contributed by atoms with E-state index < -0.39 is 6.04 Å². The van der Waals surface area contributed by atoms with E-state index >= 15 is 0 Å². The number of carbonyl (C=O) groups is 1. The molecule has 1 heterocycles. The summed E-state index contributed by atoms with van der Waals surface area (Å²) in [7, 11) is 1.73. The molecule has 2 aromatic carbocycles. The van der Waals surface area contributed by atoms with Crippen LogP contribution in [0.1, 0.15) is 11.6 Å². The summed E-state index contributed by atoms with van der Waals surface area (Å²) in [4.78, 5) is 11.8. The fourth-order valence-corrected chi connectivity index (χ4v) is 2.68. The predicted octanol–water partition coefficient (Wildman–Crippen LogP) is 4.00. The van der Waals surface area contributed by atoms with E-state index in [0.717, 1.165) is 5.56 Å². The largest absolute Gasteiger partial charge is 0.456 e. The Hall–Kier alpha value is -1.75. The van der Waals surface area contributed by atoms with E-state index in [1.165, 1.54) is 0 Å². The topological polar surface area (TPSA) is 50.4 Å². The van der Waals surface area contributed by atoms with Gasteiger partial charge in [-0.25, -0.2) is 0 Å². The van der Waals surface area contributed by atoms with Crippen molar-refractivity contribution in [3.63, 3.8) is 0 Å². The van der Waals surface area contributed by atoms with Gasteiger partial charge in [-0.1, -0.05) is 29.3 Å². The zero-order valence-electron chi connectivity index (χ0n) is 11.1. The fourth-order valence-electron chi connectivity index (χ4n) is 2.28. The van der Waals surface area contributed by atoms with Gasteiger partial charge in [-0.05, 0) is 31.3 Å². The van der Waals surface area contributed by atoms with Gasteiger partial charge >= 0.3 is 0 Å². The van der Waals surface area contributed by atoms with Crippen molar-refractivity contribution in [3.05, 3.63) is 52.0 Å². The van der Waals surface area contributed by atoms with Crippen LogP contribution in [0.25, 0.3) is 0 Å². The molecule has 2 aromatic rings. The lowest BCUT2D eigenvalue weighted by atomic mass is 10.1. The van der Waals surface area contributed by atoms with Crippen LogP contribution in [0, 0.1) is 0 Å². The molecule has 1 aliphatic rings. The minimum atomic E-state index is -0.391. The second-order valence-electron chi connectivity index (χ2n) is 4.64. The Morgan fingerprint density at radius 3 is 2.76 bits per heavy atom. The van der Waals surface area contributed by atoms with Gasteiger partial charge < -0.3 is 15.4 Å². The second-order valence-corrected chi connectivity index (χ2v) is 5.48. The smallest absolute Gasteiger partial charge is 0.246 e. The Morgan fingerprint density at radius 1 is 1.24 bits per heavy atom. The summed E-state index contributed by atoms with van der Waals surface area (Å²) in [5, 5.41) is 6.75. The molecule has 1 unspecified atom stereocenters. The van der Waals surface area contributed by atoms with Crippen molar-refractivity contribution in [2.45, 2.75) is 6.04 Å². The lowest BCUT2D eigenvalue weighted by molar-refractivity contribution is -0.117. The van der Waals surface area contributed by atoms with Crippen molar-refractivity contribution in [2.75, 3.05) is 12.4 Å². The molecule has 2 N–H and O–H groups in total. The van der Waals surface area contributed by atoms with Crippen molar-refractivity contribution in [2.24, 2.45) is 0 Å². The number of benzene rings is 2. The molecule has 4 nitrogen and oxygen atoms in total. The lowest BCUT2D eigenvalue weighted by Gasteiger charge is -2.11. The van der Waals surface area contributed by atoms with E-state index in [9.17, 15) is 4.79 Å². The molecule has 0 aliphatic carbocycles. The number of rotatable bonds is 3. The van der Waals surface area contributed by atoms with Crippen LogP contribution >= 0.6 is 23.2 Å². The van der Waals surface area contributed by atoms with E-state index in [4.69, 9.17) is 27.9 Å². The molecule has 1 amide bonds. The summed E-state index contributed by atoms with van der Waals surface area (Å²) < 4.78 is 5.73. The van der Waals surface area contributed by atoms with Crippen molar-refractivity contribution in [1.82, 2.24) is 5.32 Å². The molecule has 0 saturated heterocycles. The quantitative estimate of drug-likeness (QED) is 0.898. The highest BCUT2D eigenvalue weighted by atomic mass is 35.5. The second kappa shape index (κ2) is 5.56. The van der Waals surface area contributed by atoms with Gasteiger partial charge in [-0.2, -0.15) is 0 Å². The minimum absolute atomic E-state index is 0.108. The van der Waals surface area contributed by atoms with Crippen LogP contribution in [0.4, 0.5) is 5.69 Å². The Balaban J connectivity index is 1.95. The fraction of sp³-hybridized carbons (Fsp3) is 0.133. The molecular weight excluding hydrogens is 311 g/mol. The minimum Gasteiger partial charge on any atom is -0.456 e. The maximum Gasteiger partial charge on any atom is 0.246 e. The first kappa shape index (κ1) is 14.2. The van der Waals surface area contributed by atoms with Gasteiger partial charge in [0.05, 0.1) is 5.02 Å². The number of amides is 1. The summed E-state index contributed by atoms with van der Waals surface area (Å²) in [5.74, 6) is 0.942. The Kier molecular flexibility index (Phi) is 3.76. The maximum atomic E-state index is 11.8. The number of anilines is 1. The molecule has 21 heavy (non-hydrogen) atoms. The van der Waals surface area contributed by atoms with Gasteiger partial charge in [0.25, 0.3) is 0 Å². The Bertz CT molecular complexity index is 719. The molecule has 1 atom stereocenters. The van der Waals surface area contributed by atoms with Crippen LogP contribution in [0.2, 0.25) is 10.0 Å². The Morgan fingerprint density at radius 2 is 2.05 bits per heavy atom. The monoisotopic (exact) mass is 322 g/mol. The normalized spacial score (nSPS) is 16.5. The summed E-state index contributed by atoms with van der Waals surface area (Å²) in [6.45, 7) is 0. The molecule has 0 aromatic heterocycles. The highest BCUT2D eigenvalue weighted by Crippen LogP contribution is 2.40. The molecule has 0 spiro atoms. The molecule has 0 saturated carbocycles. The van der Waals surface area contributed by atoms with Crippen molar-refractivity contribution in [1.29, 1.82) is 0 Å². The zero-order chi connectivity index (χ0) is 15.0. The number of ether oxygens (including phenoxy) is 1. The van der Waals surface area contributed by atoms with E-state index in [-0.39, 0.29) is 5.91 Å². The SMILES string of the molecule is CNC1C(=O)Nc2cc(Oc3cccc(Cl)c3)c(Cl)cc21. The first-order chi connectivity index (χ1) is 10.1.